The predicted molar refractivity (Wildman–Crippen MR) is 102 cm³/mol. The summed E-state index contributed by atoms with van der Waals surface area (Å²) in [4.78, 5) is 17.2. The summed E-state index contributed by atoms with van der Waals surface area (Å²) in [6.45, 7) is 0. The van der Waals surface area contributed by atoms with Gasteiger partial charge in [0.2, 0.25) is 5.13 Å². The van der Waals surface area contributed by atoms with Crippen molar-refractivity contribution >= 4 is 32.4 Å². The topological polar surface area (TPSA) is 101 Å². The van der Waals surface area contributed by atoms with E-state index < -0.39 is 15.9 Å². The molecule has 2 aromatic rings. The highest BCUT2D eigenvalue weighted by molar-refractivity contribution is 7.89. The molecule has 1 fully saturated rings. The van der Waals surface area contributed by atoms with E-state index in [9.17, 15) is 13.2 Å². The standard InChI is InChI=1S/C17H22N4O4S2/c1-21(25-2)27(23,24)14-10-6-9-13(11-14)15(22)18-17-20-19-16(26-17)12-7-4-3-5-8-12/h6,9-12H,3-5,7-8H2,1-2H3,(H,18,20,22). The van der Waals surface area contributed by atoms with Crippen LogP contribution in [0.4, 0.5) is 5.13 Å². The first-order valence-electron chi connectivity index (χ1n) is 8.69. The first kappa shape index (κ1) is 19.9. The van der Waals surface area contributed by atoms with Crippen molar-refractivity contribution < 1.29 is 18.0 Å². The Morgan fingerprint density at radius 2 is 2.00 bits per heavy atom. The summed E-state index contributed by atoms with van der Waals surface area (Å²) in [6, 6.07) is 5.78. The molecule has 0 aliphatic heterocycles. The maximum Gasteiger partial charge on any atom is 0.264 e. The van der Waals surface area contributed by atoms with Crippen LogP contribution < -0.4 is 5.32 Å². The number of carbonyl (C=O) groups excluding carboxylic acids is 1. The van der Waals surface area contributed by atoms with Gasteiger partial charge in [0.05, 0.1) is 12.0 Å². The third-order valence-corrected chi connectivity index (χ3v) is 7.28. The molecule has 1 amide bonds. The van der Waals surface area contributed by atoms with Crippen LogP contribution in [0.25, 0.3) is 0 Å². The Morgan fingerprint density at radius 1 is 1.26 bits per heavy atom. The Balaban J connectivity index is 1.73. The molecule has 1 N–H and O–H groups in total. The molecule has 0 unspecified atom stereocenters. The number of benzene rings is 1. The van der Waals surface area contributed by atoms with E-state index in [4.69, 9.17) is 4.84 Å². The maximum absolute atomic E-state index is 12.5. The number of rotatable bonds is 6. The minimum atomic E-state index is -3.82. The minimum Gasteiger partial charge on any atom is -0.296 e. The molecule has 0 radical (unpaired) electrons. The van der Waals surface area contributed by atoms with Gasteiger partial charge >= 0.3 is 0 Å². The third-order valence-electron chi connectivity index (χ3n) is 4.61. The van der Waals surface area contributed by atoms with Gasteiger partial charge in [-0.2, -0.15) is 0 Å². The number of hydrogen-bond acceptors (Lipinski definition) is 7. The molecule has 1 aliphatic rings. The van der Waals surface area contributed by atoms with Gasteiger partial charge in [0, 0.05) is 18.5 Å². The average molecular weight is 411 g/mol. The summed E-state index contributed by atoms with van der Waals surface area (Å²) in [5.41, 5.74) is 0.218. The van der Waals surface area contributed by atoms with Gasteiger partial charge in [-0.25, -0.2) is 8.42 Å². The lowest BCUT2D eigenvalue weighted by atomic mass is 9.90. The van der Waals surface area contributed by atoms with Gasteiger partial charge in [0.15, 0.2) is 0 Å². The number of carbonyl (C=O) groups is 1. The van der Waals surface area contributed by atoms with Crippen molar-refractivity contribution in [1.29, 1.82) is 0 Å². The first-order chi connectivity index (χ1) is 12.9. The number of hydroxylamine groups is 1. The molecule has 0 bridgehead atoms. The molecule has 0 saturated heterocycles. The van der Waals surface area contributed by atoms with Gasteiger partial charge in [-0.1, -0.05) is 41.1 Å². The van der Waals surface area contributed by atoms with Crippen LogP contribution in [0.1, 0.15) is 53.4 Å². The van der Waals surface area contributed by atoms with E-state index in [-0.39, 0.29) is 10.5 Å². The lowest BCUT2D eigenvalue weighted by Gasteiger charge is -2.18. The Morgan fingerprint density at radius 3 is 2.70 bits per heavy atom. The van der Waals surface area contributed by atoms with Crippen LogP contribution in [0.3, 0.4) is 0 Å². The SMILES string of the molecule is CON(C)S(=O)(=O)c1cccc(C(=O)Nc2nnc(C3CCCCC3)s2)c1. The summed E-state index contributed by atoms with van der Waals surface area (Å²) in [7, 11) is -1.28. The van der Waals surface area contributed by atoms with Crippen LogP contribution in [-0.2, 0) is 14.9 Å². The Bertz CT molecular complexity index is 907. The molecule has 27 heavy (non-hydrogen) atoms. The normalized spacial score (nSPS) is 15.8. The highest BCUT2D eigenvalue weighted by atomic mass is 32.2. The molecule has 10 heteroatoms. The number of anilines is 1. The summed E-state index contributed by atoms with van der Waals surface area (Å²) < 4.78 is 25.4. The van der Waals surface area contributed by atoms with Crippen LogP contribution in [0.15, 0.2) is 29.2 Å². The van der Waals surface area contributed by atoms with E-state index in [1.807, 2.05) is 0 Å². The quantitative estimate of drug-likeness (QED) is 0.735. The molecule has 1 saturated carbocycles. The number of nitrogens with zero attached hydrogens (tertiary/aromatic N) is 3. The largest absolute Gasteiger partial charge is 0.296 e. The second kappa shape index (κ2) is 8.42. The summed E-state index contributed by atoms with van der Waals surface area (Å²) in [6.07, 6.45) is 5.87. The van der Waals surface area contributed by atoms with Gasteiger partial charge in [0.1, 0.15) is 5.01 Å². The molecule has 0 atom stereocenters. The number of aromatic nitrogens is 2. The number of hydrogen-bond donors (Lipinski definition) is 1. The molecule has 8 nitrogen and oxygen atoms in total. The second-order valence-electron chi connectivity index (χ2n) is 6.36. The Labute approximate surface area is 162 Å². The van der Waals surface area contributed by atoms with Gasteiger partial charge in [0.25, 0.3) is 15.9 Å². The van der Waals surface area contributed by atoms with E-state index in [0.29, 0.717) is 11.0 Å². The third kappa shape index (κ3) is 4.52. The van der Waals surface area contributed by atoms with Crippen LogP contribution in [0.2, 0.25) is 0 Å². The summed E-state index contributed by atoms with van der Waals surface area (Å²) >= 11 is 1.38. The zero-order valence-electron chi connectivity index (χ0n) is 15.2. The Hall–Kier alpha value is -1.88. The molecule has 0 spiro atoms. The highest BCUT2D eigenvalue weighted by Crippen LogP contribution is 2.35. The molecular formula is C17H22N4O4S2. The molecule has 3 rings (SSSR count). The van der Waals surface area contributed by atoms with Crippen molar-refractivity contribution in [3.63, 3.8) is 0 Å². The fraction of sp³-hybridized carbons (Fsp3) is 0.471. The van der Waals surface area contributed by atoms with Crippen molar-refractivity contribution in [3.8, 4) is 0 Å². The number of amides is 1. The van der Waals surface area contributed by atoms with Gasteiger partial charge < -0.3 is 0 Å². The fourth-order valence-electron chi connectivity index (χ4n) is 3.01. The van der Waals surface area contributed by atoms with E-state index in [0.717, 1.165) is 22.3 Å². The first-order valence-corrected chi connectivity index (χ1v) is 11.0. The van der Waals surface area contributed by atoms with Crippen molar-refractivity contribution in [2.24, 2.45) is 0 Å². The molecule has 146 valence electrons. The van der Waals surface area contributed by atoms with E-state index in [1.54, 1.807) is 6.07 Å². The zero-order chi connectivity index (χ0) is 19.4. The lowest BCUT2D eigenvalue weighted by molar-refractivity contribution is -0.0258. The number of nitrogens with one attached hydrogen (secondary N) is 1. The highest BCUT2D eigenvalue weighted by Gasteiger charge is 2.23. The van der Waals surface area contributed by atoms with E-state index in [2.05, 4.69) is 15.5 Å². The van der Waals surface area contributed by atoms with Crippen molar-refractivity contribution in [2.45, 2.75) is 42.9 Å². The van der Waals surface area contributed by atoms with Crippen molar-refractivity contribution in [1.82, 2.24) is 14.7 Å². The molecule has 1 heterocycles. The number of sulfonamides is 1. The van der Waals surface area contributed by atoms with Gasteiger partial charge in [-0.15, -0.1) is 10.2 Å². The van der Waals surface area contributed by atoms with Crippen LogP contribution in [0.5, 0.6) is 0 Å². The van der Waals surface area contributed by atoms with E-state index in [1.165, 1.54) is 63.0 Å². The monoisotopic (exact) mass is 410 g/mol. The maximum atomic E-state index is 12.5. The second-order valence-corrected chi connectivity index (χ2v) is 9.30. The van der Waals surface area contributed by atoms with Crippen LogP contribution in [0, 0.1) is 0 Å². The fourth-order valence-corrected chi connectivity index (χ4v) is 4.94. The smallest absolute Gasteiger partial charge is 0.264 e. The molecule has 1 aromatic heterocycles. The minimum absolute atomic E-state index is 0.0281. The average Bonchev–Trinajstić information content (AvgIpc) is 3.16. The zero-order valence-corrected chi connectivity index (χ0v) is 16.8. The molecule has 1 aliphatic carbocycles. The summed E-state index contributed by atoms with van der Waals surface area (Å²) in [5, 5.41) is 12.3. The van der Waals surface area contributed by atoms with Gasteiger partial charge in [-0.05, 0) is 31.0 Å². The van der Waals surface area contributed by atoms with Crippen molar-refractivity contribution in [2.75, 3.05) is 19.5 Å². The molecule has 1 aromatic carbocycles. The van der Waals surface area contributed by atoms with Crippen LogP contribution in [-0.4, -0.2) is 43.1 Å². The lowest BCUT2D eigenvalue weighted by Crippen LogP contribution is -2.26. The van der Waals surface area contributed by atoms with Crippen molar-refractivity contribution in [3.05, 3.63) is 34.8 Å². The van der Waals surface area contributed by atoms with Gasteiger partial charge in [-0.3, -0.25) is 14.9 Å². The Kier molecular flexibility index (Phi) is 6.20. The molecular weight excluding hydrogens is 388 g/mol. The predicted octanol–water partition coefficient (Wildman–Crippen LogP) is 3.02. The van der Waals surface area contributed by atoms with E-state index >= 15 is 0 Å². The van der Waals surface area contributed by atoms with Crippen LogP contribution >= 0.6 is 11.3 Å². The summed E-state index contributed by atoms with van der Waals surface area (Å²) in [5.74, 6) is -0.0154.